The Kier molecular flexibility index (Phi) is 13.7. The summed E-state index contributed by atoms with van der Waals surface area (Å²) in [5, 5.41) is 11.6. The standard InChI is InChI=1S/C53H64F2N8O7/c1-28(2)44(59-51(67)69-5)49(65)62-26-33(54)21-42(62)46-56-25-41(58-46)31-12-10-30(11-13-31)35-15-16-36(39-24-53(23-38(35)39)18-8-7-9-19-53)32-14-17-40-37(20-32)48(64)61-47(57-40)43-22-34(55)27-63(43)50(66)45(29(3)4)60-52(68)70-6/h10-17,20,25,28-29,33-34,42-45,47,57H,7-9,18-19,21-24,26-27H2,1-6H3,(H,56,58)(H,59,67)(H,60,68)(H,61,64)/t33-,34-,42-,43-,44-,45-,47?/m0/s1. The summed E-state index contributed by atoms with van der Waals surface area (Å²) < 4.78 is 39.6. The number of likely N-dealkylation sites (tertiary alicyclic amines) is 2. The third-order valence-corrected chi connectivity index (χ3v) is 15.3. The minimum absolute atomic E-state index is 0.0245. The SMILES string of the molecule is COC(=O)N[C@H](C(=O)N1C[C@@H](F)C[C@H]1c1ncc(-c2ccc(-c3ccc(-c4ccc5c(c4)C(=O)NC([C@@H]4C[C@H](F)CN4C(=O)[C@@H](NC(=O)OC)C(C)C)N5)c4c3CC3(CCCCC3)C4)cc2)[nH]1)C(C)C. The van der Waals surface area contributed by atoms with Gasteiger partial charge in [-0.05, 0) is 94.0 Å². The molecule has 5 aliphatic rings. The van der Waals surface area contributed by atoms with Crippen molar-refractivity contribution in [2.45, 2.75) is 128 Å². The van der Waals surface area contributed by atoms with E-state index in [1.165, 1.54) is 54.4 Å². The third kappa shape index (κ3) is 9.42. The van der Waals surface area contributed by atoms with E-state index in [1.807, 2.05) is 44.2 Å². The van der Waals surface area contributed by atoms with Crippen molar-refractivity contribution in [3.05, 3.63) is 83.3 Å². The second-order valence-corrected chi connectivity index (χ2v) is 20.6. The maximum absolute atomic E-state index is 15.1. The van der Waals surface area contributed by atoms with Crippen LogP contribution < -0.4 is 21.3 Å². The Hall–Kier alpha value is -6.52. The fourth-order valence-corrected chi connectivity index (χ4v) is 11.7. The molecule has 7 atom stereocenters. The Labute approximate surface area is 407 Å². The van der Waals surface area contributed by atoms with E-state index < -0.39 is 66.7 Å². The van der Waals surface area contributed by atoms with Gasteiger partial charge in [-0.25, -0.2) is 23.4 Å². The monoisotopic (exact) mass is 962 g/mol. The summed E-state index contributed by atoms with van der Waals surface area (Å²) in [5.74, 6) is -1.22. The molecule has 5 amide bonds. The van der Waals surface area contributed by atoms with E-state index in [4.69, 9.17) is 9.47 Å². The quantitative estimate of drug-likeness (QED) is 0.0987. The highest BCUT2D eigenvalue weighted by Gasteiger charge is 2.46. The summed E-state index contributed by atoms with van der Waals surface area (Å²) in [4.78, 5) is 76.6. The lowest BCUT2D eigenvalue weighted by Gasteiger charge is -2.38. The number of alkyl halides is 2. The first-order chi connectivity index (χ1) is 33.6. The summed E-state index contributed by atoms with van der Waals surface area (Å²) >= 11 is 0. The van der Waals surface area contributed by atoms with Crippen molar-refractivity contribution in [2.24, 2.45) is 17.3 Å². The molecule has 2 saturated heterocycles. The van der Waals surface area contributed by atoms with Crippen LogP contribution in [0.2, 0.25) is 0 Å². The Bertz CT molecular complexity index is 2650. The van der Waals surface area contributed by atoms with Crippen LogP contribution in [0.5, 0.6) is 0 Å². The van der Waals surface area contributed by atoms with E-state index in [-0.39, 0.29) is 49.1 Å². The van der Waals surface area contributed by atoms with Gasteiger partial charge in [0.25, 0.3) is 5.91 Å². The number of ether oxygens (including phenoxy) is 2. The number of aromatic nitrogens is 2. The largest absolute Gasteiger partial charge is 0.453 e. The number of carbonyl (C=O) groups is 5. The normalized spacial score (nSPS) is 23.3. The van der Waals surface area contributed by atoms with Crippen LogP contribution in [0.3, 0.4) is 0 Å². The molecule has 1 unspecified atom stereocenters. The number of H-pyrrole nitrogens is 1. The highest BCUT2D eigenvalue weighted by atomic mass is 19.1. The number of anilines is 1. The molecule has 3 aromatic carbocycles. The van der Waals surface area contributed by atoms with Crippen LogP contribution in [0, 0.1) is 17.3 Å². The number of methoxy groups -OCH3 is 2. The number of aromatic amines is 1. The molecule has 3 fully saturated rings. The Morgan fingerprint density at radius 2 is 1.27 bits per heavy atom. The number of halogens is 2. The number of alkyl carbamates (subject to hydrolysis) is 2. The van der Waals surface area contributed by atoms with Gasteiger partial charge in [-0.1, -0.05) is 89.4 Å². The number of hydrogen-bond donors (Lipinski definition) is 5. The van der Waals surface area contributed by atoms with Gasteiger partial charge in [0.05, 0.1) is 56.8 Å². The van der Waals surface area contributed by atoms with Crippen LogP contribution in [0.25, 0.3) is 33.5 Å². The second-order valence-electron chi connectivity index (χ2n) is 20.6. The fourth-order valence-electron chi connectivity index (χ4n) is 11.7. The minimum atomic E-state index is -1.30. The average Bonchev–Trinajstić information content (AvgIpc) is 4.17. The van der Waals surface area contributed by atoms with Gasteiger partial charge < -0.3 is 45.5 Å². The molecule has 1 saturated carbocycles. The number of rotatable bonds is 11. The first kappa shape index (κ1) is 48.5. The molecular formula is C53H64F2N8O7. The zero-order valence-electron chi connectivity index (χ0n) is 40.7. The van der Waals surface area contributed by atoms with Crippen molar-refractivity contribution in [1.29, 1.82) is 0 Å². The summed E-state index contributed by atoms with van der Waals surface area (Å²) in [7, 11) is 2.45. The molecule has 4 aromatic rings. The van der Waals surface area contributed by atoms with Crippen molar-refractivity contribution in [2.75, 3.05) is 32.6 Å². The van der Waals surface area contributed by atoms with Gasteiger partial charge in [0.2, 0.25) is 11.8 Å². The fraction of sp³-hybridized carbons (Fsp3) is 0.509. The Morgan fingerprint density at radius 3 is 1.89 bits per heavy atom. The van der Waals surface area contributed by atoms with E-state index in [0.29, 0.717) is 17.1 Å². The van der Waals surface area contributed by atoms with Crippen LogP contribution in [0.4, 0.5) is 24.1 Å². The van der Waals surface area contributed by atoms with Gasteiger partial charge in [-0.15, -0.1) is 0 Å². The van der Waals surface area contributed by atoms with Crippen molar-refractivity contribution in [3.63, 3.8) is 0 Å². The van der Waals surface area contributed by atoms with Crippen LogP contribution in [0.15, 0.2) is 60.8 Å². The van der Waals surface area contributed by atoms with Gasteiger partial charge in [0.1, 0.15) is 36.4 Å². The molecule has 0 bridgehead atoms. The Morgan fingerprint density at radius 1 is 0.714 bits per heavy atom. The lowest BCUT2D eigenvalue weighted by atomic mass is 9.72. The number of hydrogen-bond acceptors (Lipinski definition) is 9. The molecule has 70 heavy (non-hydrogen) atoms. The van der Waals surface area contributed by atoms with E-state index in [2.05, 4.69) is 55.5 Å². The van der Waals surface area contributed by atoms with E-state index in [0.717, 1.165) is 59.2 Å². The third-order valence-electron chi connectivity index (χ3n) is 15.3. The number of amides is 5. The van der Waals surface area contributed by atoms with Gasteiger partial charge >= 0.3 is 12.2 Å². The number of imidazole rings is 1. The molecule has 372 valence electrons. The molecule has 5 N–H and O–H groups in total. The number of benzene rings is 3. The van der Waals surface area contributed by atoms with Gasteiger partial charge in [-0.2, -0.15) is 0 Å². The van der Waals surface area contributed by atoms with Gasteiger partial charge in [0, 0.05) is 18.5 Å². The molecule has 1 spiro atoms. The molecule has 15 nitrogen and oxygen atoms in total. The summed E-state index contributed by atoms with van der Waals surface area (Å²) in [6.45, 7) is 6.96. The molecule has 3 aliphatic heterocycles. The highest BCUT2D eigenvalue weighted by Crippen LogP contribution is 2.52. The first-order valence-corrected chi connectivity index (χ1v) is 24.7. The summed E-state index contributed by atoms with van der Waals surface area (Å²) in [6.07, 6.45) is 4.89. The maximum Gasteiger partial charge on any atom is 0.407 e. The van der Waals surface area contributed by atoms with E-state index >= 15 is 4.39 Å². The zero-order valence-corrected chi connectivity index (χ0v) is 40.7. The topological polar surface area (TPSA) is 187 Å². The summed E-state index contributed by atoms with van der Waals surface area (Å²) in [5.41, 5.74) is 9.68. The predicted octanol–water partition coefficient (Wildman–Crippen LogP) is 8.25. The lowest BCUT2D eigenvalue weighted by molar-refractivity contribution is -0.136. The lowest BCUT2D eigenvalue weighted by Crippen LogP contribution is -2.60. The number of fused-ring (bicyclic) bond motifs is 2. The minimum Gasteiger partial charge on any atom is -0.453 e. The van der Waals surface area contributed by atoms with Crippen LogP contribution in [-0.2, 0) is 31.9 Å². The van der Waals surface area contributed by atoms with E-state index in [9.17, 15) is 28.4 Å². The maximum atomic E-state index is 15.1. The first-order valence-electron chi connectivity index (χ1n) is 24.7. The van der Waals surface area contributed by atoms with Crippen LogP contribution in [-0.4, -0.2) is 114 Å². The molecular weight excluding hydrogens is 899 g/mol. The summed E-state index contributed by atoms with van der Waals surface area (Å²) in [6, 6.07) is 15.4. The number of nitrogens with one attached hydrogen (secondary N) is 5. The molecule has 9 rings (SSSR count). The van der Waals surface area contributed by atoms with E-state index in [1.54, 1.807) is 20.0 Å². The molecule has 17 heteroatoms. The number of carbonyl (C=O) groups excluding carboxylic acids is 5. The van der Waals surface area contributed by atoms with Gasteiger partial charge in [0.15, 0.2) is 0 Å². The highest BCUT2D eigenvalue weighted by molar-refractivity contribution is 6.03. The molecule has 4 heterocycles. The molecule has 1 aromatic heterocycles. The van der Waals surface area contributed by atoms with Crippen LogP contribution >= 0.6 is 0 Å². The van der Waals surface area contributed by atoms with Crippen molar-refractivity contribution in [1.82, 2.24) is 35.7 Å². The average molecular weight is 963 g/mol. The number of nitrogens with zero attached hydrogens (tertiary/aromatic N) is 3. The zero-order chi connectivity index (χ0) is 49.6. The molecule has 2 aliphatic carbocycles. The second kappa shape index (κ2) is 19.7. The predicted molar refractivity (Wildman–Crippen MR) is 260 cm³/mol. The van der Waals surface area contributed by atoms with Crippen molar-refractivity contribution in [3.8, 4) is 33.5 Å². The van der Waals surface area contributed by atoms with Gasteiger partial charge in [-0.3, -0.25) is 14.4 Å². The van der Waals surface area contributed by atoms with Crippen molar-refractivity contribution >= 4 is 35.6 Å². The van der Waals surface area contributed by atoms with Crippen molar-refractivity contribution < 1.29 is 42.2 Å². The Balaban J connectivity index is 0.960. The van der Waals surface area contributed by atoms with Crippen LogP contribution in [0.1, 0.15) is 106 Å². The smallest absolute Gasteiger partial charge is 0.407 e. The molecule has 0 radical (unpaired) electrons.